The summed E-state index contributed by atoms with van der Waals surface area (Å²) in [5.74, 6) is -2.40. The van der Waals surface area contributed by atoms with Gasteiger partial charge < -0.3 is 10.1 Å². The maximum Gasteiger partial charge on any atom is 0.308 e. The van der Waals surface area contributed by atoms with Crippen LogP contribution in [0.2, 0.25) is 0 Å². The van der Waals surface area contributed by atoms with E-state index in [2.05, 4.69) is 5.32 Å². The van der Waals surface area contributed by atoms with Crippen molar-refractivity contribution in [3.63, 3.8) is 0 Å². The average molecular weight is 412 g/mol. The molecule has 2 aromatic rings. The summed E-state index contributed by atoms with van der Waals surface area (Å²) >= 11 is 0. The lowest BCUT2D eigenvalue weighted by Gasteiger charge is -2.26. The molecule has 1 aliphatic rings. The Morgan fingerprint density at radius 3 is 2.57 bits per heavy atom. The zero-order valence-electron chi connectivity index (χ0n) is 16.4. The Bertz CT molecular complexity index is 974. The SMILES string of the molecule is C[C@H](OC(=O)CCN1C(=O)Cc2ccccc2C1=O)C(=O)NCc1ccc(F)cc1. The average Bonchev–Trinajstić information content (AvgIpc) is 2.73. The molecular weight excluding hydrogens is 391 g/mol. The first kappa shape index (κ1) is 21.2. The highest BCUT2D eigenvalue weighted by Crippen LogP contribution is 2.19. The number of imide groups is 1. The van der Waals surface area contributed by atoms with Gasteiger partial charge in [0.15, 0.2) is 6.10 Å². The summed E-state index contributed by atoms with van der Waals surface area (Å²) in [4.78, 5) is 49.9. The second-order valence-corrected chi connectivity index (χ2v) is 6.91. The number of nitrogens with zero attached hydrogens (tertiary/aromatic N) is 1. The van der Waals surface area contributed by atoms with Crippen molar-refractivity contribution in [1.82, 2.24) is 10.2 Å². The van der Waals surface area contributed by atoms with Gasteiger partial charge in [-0.05, 0) is 36.2 Å². The van der Waals surface area contributed by atoms with Gasteiger partial charge in [-0.3, -0.25) is 24.1 Å². The molecule has 2 aromatic carbocycles. The quantitative estimate of drug-likeness (QED) is 0.555. The molecule has 0 radical (unpaired) electrons. The molecule has 7 nitrogen and oxygen atoms in total. The van der Waals surface area contributed by atoms with Crippen molar-refractivity contribution in [2.75, 3.05) is 6.54 Å². The molecule has 0 aromatic heterocycles. The molecule has 0 fully saturated rings. The number of rotatable bonds is 7. The van der Waals surface area contributed by atoms with Gasteiger partial charge in [-0.2, -0.15) is 0 Å². The van der Waals surface area contributed by atoms with E-state index < -0.39 is 23.9 Å². The maximum absolute atomic E-state index is 12.9. The summed E-state index contributed by atoms with van der Waals surface area (Å²) < 4.78 is 18.0. The largest absolute Gasteiger partial charge is 0.452 e. The highest BCUT2D eigenvalue weighted by Gasteiger charge is 2.31. The third kappa shape index (κ3) is 5.08. The molecule has 0 unspecified atom stereocenters. The van der Waals surface area contributed by atoms with Crippen LogP contribution in [0.25, 0.3) is 0 Å². The lowest BCUT2D eigenvalue weighted by molar-refractivity contribution is -0.155. The number of ether oxygens (including phenoxy) is 1. The fourth-order valence-electron chi connectivity index (χ4n) is 3.07. The Hall–Kier alpha value is -3.55. The summed E-state index contributed by atoms with van der Waals surface area (Å²) in [6.07, 6.45) is -1.17. The van der Waals surface area contributed by atoms with E-state index in [-0.39, 0.29) is 37.7 Å². The Balaban J connectivity index is 1.47. The van der Waals surface area contributed by atoms with Gasteiger partial charge in [0.2, 0.25) is 5.91 Å². The summed E-state index contributed by atoms with van der Waals surface area (Å²) in [7, 11) is 0. The molecule has 1 heterocycles. The standard InChI is InChI=1S/C22H21FN2O5/c1-14(21(28)24-13-15-6-8-17(23)9-7-15)30-20(27)10-11-25-19(26)12-16-4-2-3-5-18(16)22(25)29/h2-9,14H,10-13H2,1H3,(H,24,28)/t14-/m0/s1. The summed E-state index contributed by atoms with van der Waals surface area (Å²) in [5, 5.41) is 2.60. The fourth-order valence-corrected chi connectivity index (χ4v) is 3.07. The first-order valence-corrected chi connectivity index (χ1v) is 9.49. The van der Waals surface area contributed by atoms with E-state index in [1.54, 1.807) is 24.3 Å². The summed E-state index contributed by atoms with van der Waals surface area (Å²) in [5.41, 5.74) is 1.81. The van der Waals surface area contributed by atoms with Crippen molar-refractivity contribution in [2.45, 2.75) is 32.4 Å². The van der Waals surface area contributed by atoms with Crippen molar-refractivity contribution in [1.29, 1.82) is 0 Å². The number of benzene rings is 2. The van der Waals surface area contributed by atoms with Gasteiger partial charge in [0.25, 0.3) is 11.8 Å². The Morgan fingerprint density at radius 2 is 1.83 bits per heavy atom. The third-order valence-electron chi connectivity index (χ3n) is 4.73. The zero-order valence-corrected chi connectivity index (χ0v) is 16.4. The van der Waals surface area contributed by atoms with Gasteiger partial charge in [0.05, 0.1) is 12.8 Å². The number of esters is 1. The lowest BCUT2D eigenvalue weighted by Crippen LogP contribution is -2.43. The van der Waals surface area contributed by atoms with Crippen LogP contribution in [-0.4, -0.2) is 41.2 Å². The molecule has 1 atom stereocenters. The molecule has 0 saturated carbocycles. The Kier molecular flexibility index (Phi) is 6.56. The number of fused-ring (bicyclic) bond motifs is 1. The predicted molar refractivity (Wildman–Crippen MR) is 105 cm³/mol. The molecule has 8 heteroatoms. The molecule has 1 aliphatic heterocycles. The highest BCUT2D eigenvalue weighted by atomic mass is 19.1. The van der Waals surface area contributed by atoms with Crippen molar-refractivity contribution in [3.05, 3.63) is 71.0 Å². The first-order valence-electron chi connectivity index (χ1n) is 9.49. The van der Waals surface area contributed by atoms with Crippen LogP contribution in [0, 0.1) is 5.82 Å². The Morgan fingerprint density at radius 1 is 1.13 bits per heavy atom. The summed E-state index contributed by atoms with van der Waals surface area (Å²) in [6, 6.07) is 12.5. The third-order valence-corrected chi connectivity index (χ3v) is 4.73. The minimum Gasteiger partial charge on any atom is -0.452 e. The number of halogens is 1. The first-order chi connectivity index (χ1) is 14.3. The molecular formula is C22H21FN2O5. The smallest absolute Gasteiger partial charge is 0.308 e. The second-order valence-electron chi connectivity index (χ2n) is 6.91. The van der Waals surface area contributed by atoms with Crippen molar-refractivity contribution < 1.29 is 28.3 Å². The number of hydrogen-bond acceptors (Lipinski definition) is 5. The molecule has 0 bridgehead atoms. The zero-order chi connectivity index (χ0) is 21.7. The summed E-state index contributed by atoms with van der Waals surface area (Å²) in [6.45, 7) is 1.47. The number of hydrogen-bond donors (Lipinski definition) is 1. The van der Waals surface area contributed by atoms with Crippen LogP contribution in [0.4, 0.5) is 4.39 Å². The number of carbonyl (C=O) groups excluding carboxylic acids is 4. The van der Waals surface area contributed by atoms with E-state index >= 15 is 0 Å². The Labute approximate surface area is 172 Å². The second kappa shape index (κ2) is 9.30. The van der Waals surface area contributed by atoms with Gasteiger partial charge in [-0.1, -0.05) is 30.3 Å². The minimum absolute atomic E-state index is 0.0964. The van der Waals surface area contributed by atoms with Crippen LogP contribution >= 0.6 is 0 Å². The molecule has 0 aliphatic carbocycles. The monoisotopic (exact) mass is 412 g/mol. The van der Waals surface area contributed by atoms with Crippen LogP contribution in [-0.2, 0) is 32.1 Å². The molecule has 1 N–H and O–H groups in total. The molecule has 30 heavy (non-hydrogen) atoms. The molecule has 3 amide bonds. The van der Waals surface area contributed by atoms with Crippen LogP contribution in [0.5, 0.6) is 0 Å². The van der Waals surface area contributed by atoms with E-state index in [1.807, 2.05) is 0 Å². The lowest BCUT2D eigenvalue weighted by atomic mass is 9.98. The fraction of sp³-hybridized carbons (Fsp3) is 0.273. The van der Waals surface area contributed by atoms with Crippen LogP contribution in [0.15, 0.2) is 48.5 Å². The highest BCUT2D eigenvalue weighted by molar-refractivity contribution is 6.09. The van der Waals surface area contributed by atoms with E-state index in [1.165, 1.54) is 31.2 Å². The van der Waals surface area contributed by atoms with E-state index in [9.17, 15) is 23.6 Å². The van der Waals surface area contributed by atoms with Crippen LogP contribution < -0.4 is 5.32 Å². The number of amides is 3. The normalized spacial score (nSPS) is 14.1. The maximum atomic E-state index is 12.9. The van der Waals surface area contributed by atoms with E-state index in [0.717, 1.165) is 4.90 Å². The number of nitrogens with one attached hydrogen (secondary N) is 1. The van der Waals surface area contributed by atoms with Gasteiger partial charge in [-0.25, -0.2) is 4.39 Å². The minimum atomic E-state index is -1.05. The number of carbonyl (C=O) groups is 4. The van der Waals surface area contributed by atoms with Gasteiger partial charge in [-0.15, -0.1) is 0 Å². The predicted octanol–water partition coefficient (Wildman–Crippen LogP) is 1.99. The van der Waals surface area contributed by atoms with Gasteiger partial charge in [0.1, 0.15) is 5.82 Å². The van der Waals surface area contributed by atoms with Crippen molar-refractivity contribution in [3.8, 4) is 0 Å². The van der Waals surface area contributed by atoms with Crippen molar-refractivity contribution >= 4 is 23.7 Å². The molecule has 0 saturated heterocycles. The topological polar surface area (TPSA) is 92.8 Å². The van der Waals surface area contributed by atoms with Gasteiger partial charge in [0, 0.05) is 18.7 Å². The van der Waals surface area contributed by atoms with E-state index in [4.69, 9.17) is 4.74 Å². The molecule has 0 spiro atoms. The van der Waals surface area contributed by atoms with E-state index in [0.29, 0.717) is 16.7 Å². The molecule has 156 valence electrons. The van der Waals surface area contributed by atoms with Crippen LogP contribution in [0.3, 0.4) is 0 Å². The van der Waals surface area contributed by atoms with Crippen molar-refractivity contribution in [2.24, 2.45) is 0 Å². The van der Waals surface area contributed by atoms with Crippen LogP contribution in [0.1, 0.15) is 34.8 Å². The molecule has 3 rings (SSSR count). The van der Waals surface area contributed by atoms with Gasteiger partial charge >= 0.3 is 5.97 Å².